The third-order valence-corrected chi connectivity index (χ3v) is 4.59. The molecule has 25 heavy (non-hydrogen) atoms. The zero-order valence-electron chi connectivity index (χ0n) is 14.5. The number of anilines is 1. The van der Waals surface area contributed by atoms with Crippen LogP contribution in [0.15, 0.2) is 35.7 Å². The van der Waals surface area contributed by atoms with Crippen molar-refractivity contribution in [3.63, 3.8) is 0 Å². The molecule has 1 atom stereocenters. The maximum atomic E-state index is 12.2. The third kappa shape index (κ3) is 5.53. The Morgan fingerprint density at radius 1 is 1.16 bits per heavy atom. The second kappa shape index (κ2) is 8.58. The molecule has 5 nitrogen and oxygen atoms in total. The number of ketones is 1. The monoisotopic (exact) mass is 359 g/mol. The van der Waals surface area contributed by atoms with Crippen molar-refractivity contribution in [2.24, 2.45) is 0 Å². The van der Waals surface area contributed by atoms with Gasteiger partial charge in [-0.25, -0.2) is 0 Å². The van der Waals surface area contributed by atoms with Gasteiger partial charge in [-0.1, -0.05) is 18.2 Å². The number of ether oxygens (including phenoxy) is 1. The normalized spacial score (nSPS) is 11.6. The molecule has 1 heterocycles. The first-order chi connectivity index (χ1) is 11.9. The number of esters is 1. The molecule has 1 aromatic carbocycles. The van der Waals surface area contributed by atoms with Crippen LogP contribution < -0.4 is 5.32 Å². The molecule has 0 saturated heterocycles. The lowest BCUT2D eigenvalue weighted by molar-refractivity contribution is -0.153. The van der Waals surface area contributed by atoms with Crippen molar-refractivity contribution in [2.45, 2.75) is 39.7 Å². The second-order valence-electron chi connectivity index (χ2n) is 5.84. The van der Waals surface area contributed by atoms with Gasteiger partial charge in [0.2, 0.25) is 0 Å². The van der Waals surface area contributed by atoms with Gasteiger partial charge in [0.25, 0.3) is 5.91 Å². The fourth-order valence-electron chi connectivity index (χ4n) is 2.19. The molecule has 6 heteroatoms. The number of hydrogen-bond acceptors (Lipinski definition) is 5. The minimum Gasteiger partial charge on any atom is -0.453 e. The zero-order chi connectivity index (χ0) is 18.4. The topological polar surface area (TPSA) is 72.5 Å². The van der Waals surface area contributed by atoms with Crippen LogP contribution in [-0.4, -0.2) is 23.8 Å². The van der Waals surface area contributed by atoms with E-state index in [9.17, 15) is 14.4 Å². The van der Waals surface area contributed by atoms with Crippen LogP contribution in [0.2, 0.25) is 0 Å². The minimum atomic E-state index is -0.927. The van der Waals surface area contributed by atoms with E-state index in [-0.39, 0.29) is 18.6 Å². The summed E-state index contributed by atoms with van der Waals surface area (Å²) in [4.78, 5) is 36.5. The molecule has 1 unspecified atom stereocenters. The number of benzene rings is 1. The Labute approximate surface area is 151 Å². The highest BCUT2D eigenvalue weighted by atomic mass is 32.1. The number of aryl methyl sites for hydroxylation is 2. The Kier molecular flexibility index (Phi) is 6.47. The van der Waals surface area contributed by atoms with Crippen molar-refractivity contribution < 1.29 is 19.1 Å². The van der Waals surface area contributed by atoms with E-state index >= 15 is 0 Å². The molecule has 0 fully saturated rings. The molecule has 2 aromatic rings. The predicted octanol–water partition coefficient (Wildman–Crippen LogP) is 3.90. The van der Waals surface area contributed by atoms with Crippen molar-refractivity contribution in [3.8, 4) is 0 Å². The Morgan fingerprint density at radius 2 is 1.92 bits per heavy atom. The average molecular weight is 359 g/mol. The summed E-state index contributed by atoms with van der Waals surface area (Å²) in [6, 6.07) is 9.24. The highest BCUT2D eigenvalue weighted by molar-refractivity contribution is 7.12. The Morgan fingerprint density at radius 3 is 2.60 bits per heavy atom. The van der Waals surface area contributed by atoms with Gasteiger partial charge in [-0.2, -0.15) is 0 Å². The Balaban J connectivity index is 1.82. The van der Waals surface area contributed by atoms with Crippen molar-refractivity contribution in [3.05, 3.63) is 51.7 Å². The summed E-state index contributed by atoms with van der Waals surface area (Å²) in [5.74, 6) is -1.06. The quantitative estimate of drug-likeness (QED) is 0.601. The third-order valence-electron chi connectivity index (χ3n) is 3.68. The van der Waals surface area contributed by atoms with Gasteiger partial charge in [-0.3, -0.25) is 14.4 Å². The summed E-state index contributed by atoms with van der Waals surface area (Å²) < 4.78 is 5.12. The molecule has 132 valence electrons. The molecule has 0 aliphatic heterocycles. The molecule has 0 bridgehead atoms. The molecule has 0 aliphatic rings. The van der Waals surface area contributed by atoms with Gasteiger partial charge in [0.1, 0.15) is 0 Å². The lowest BCUT2D eigenvalue weighted by Crippen LogP contribution is -2.30. The fourth-order valence-corrected chi connectivity index (χ4v) is 2.88. The largest absolute Gasteiger partial charge is 0.453 e. The van der Waals surface area contributed by atoms with E-state index in [1.54, 1.807) is 12.1 Å². The van der Waals surface area contributed by atoms with Crippen LogP contribution in [0.25, 0.3) is 0 Å². The van der Waals surface area contributed by atoms with Crippen LogP contribution in [-0.2, 0) is 14.3 Å². The zero-order valence-corrected chi connectivity index (χ0v) is 15.3. The smallest absolute Gasteiger partial charge is 0.307 e. The Bertz CT molecular complexity index is 768. The second-order valence-corrected chi connectivity index (χ2v) is 6.79. The average Bonchev–Trinajstić information content (AvgIpc) is 3.10. The van der Waals surface area contributed by atoms with Gasteiger partial charge in [-0.15, -0.1) is 11.3 Å². The van der Waals surface area contributed by atoms with E-state index in [1.165, 1.54) is 18.3 Å². The van der Waals surface area contributed by atoms with E-state index in [0.717, 1.165) is 11.1 Å². The lowest BCUT2D eigenvalue weighted by atomic mass is 10.1. The molecular weight excluding hydrogens is 338 g/mol. The minimum absolute atomic E-state index is 0.0438. The first kappa shape index (κ1) is 18.9. The van der Waals surface area contributed by atoms with Gasteiger partial charge in [-0.05, 0) is 49.4 Å². The molecule has 0 radical (unpaired) electrons. The van der Waals surface area contributed by atoms with Crippen LogP contribution >= 0.6 is 11.3 Å². The van der Waals surface area contributed by atoms with Gasteiger partial charge in [0.15, 0.2) is 11.9 Å². The predicted molar refractivity (Wildman–Crippen MR) is 98.0 cm³/mol. The van der Waals surface area contributed by atoms with Crippen LogP contribution in [0.1, 0.15) is 40.6 Å². The summed E-state index contributed by atoms with van der Waals surface area (Å²) in [5, 5.41) is 4.57. The number of carbonyl (C=O) groups is 3. The molecule has 2 rings (SSSR count). The summed E-state index contributed by atoms with van der Waals surface area (Å²) in [6.07, 6.45) is -0.896. The number of thiophene rings is 1. The number of hydrogen-bond donors (Lipinski definition) is 1. The van der Waals surface area contributed by atoms with Crippen molar-refractivity contribution in [1.82, 2.24) is 0 Å². The maximum Gasteiger partial charge on any atom is 0.307 e. The van der Waals surface area contributed by atoms with Crippen molar-refractivity contribution in [2.75, 3.05) is 5.32 Å². The molecule has 0 spiro atoms. The molecule has 0 saturated carbocycles. The highest BCUT2D eigenvalue weighted by Gasteiger charge is 2.19. The molecule has 0 aliphatic carbocycles. The number of rotatable bonds is 7. The van der Waals surface area contributed by atoms with Gasteiger partial charge in [0, 0.05) is 12.1 Å². The van der Waals surface area contributed by atoms with Crippen LogP contribution in [0.3, 0.4) is 0 Å². The Hall–Kier alpha value is -2.47. The van der Waals surface area contributed by atoms with Crippen LogP contribution in [0.5, 0.6) is 0 Å². The SMILES string of the molecule is Cc1ccc(C)c(NC(=O)C(C)OC(=O)CCC(=O)c2cccs2)c1. The number of amides is 1. The summed E-state index contributed by atoms with van der Waals surface area (Å²) in [6.45, 7) is 5.34. The van der Waals surface area contributed by atoms with E-state index in [0.29, 0.717) is 10.6 Å². The van der Waals surface area contributed by atoms with Crippen LogP contribution in [0, 0.1) is 13.8 Å². The standard InChI is InChI=1S/C19H21NO4S/c1-12-6-7-13(2)15(11-12)20-19(23)14(3)24-18(22)9-8-16(21)17-5-4-10-25-17/h4-7,10-11,14H,8-9H2,1-3H3,(H,20,23). The molecular formula is C19H21NO4S. The summed E-state index contributed by atoms with van der Waals surface area (Å²) in [5.41, 5.74) is 2.65. The summed E-state index contributed by atoms with van der Waals surface area (Å²) >= 11 is 1.34. The van der Waals surface area contributed by atoms with Gasteiger partial charge in [0.05, 0.1) is 11.3 Å². The van der Waals surface area contributed by atoms with E-state index in [1.807, 2.05) is 37.4 Å². The highest BCUT2D eigenvalue weighted by Crippen LogP contribution is 2.17. The molecule has 1 amide bonds. The first-order valence-electron chi connectivity index (χ1n) is 8.01. The first-order valence-corrected chi connectivity index (χ1v) is 8.89. The maximum absolute atomic E-state index is 12.2. The van der Waals surface area contributed by atoms with Gasteiger partial charge < -0.3 is 10.1 Å². The number of Topliss-reactive ketones (excluding diaryl/α,β-unsaturated/α-hetero) is 1. The van der Waals surface area contributed by atoms with Crippen molar-refractivity contribution in [1.29, 1.82) is 0 Å². The van der Waals surface area contributed by atoms with Gasteiger partial charge >= 0.3 is 5.97 Å². The number of nitrogens with one attached hydrogen (secondary N) is 1. The van der Waals surface area contributed by atoms with Crippen LogP contribution in [0.4, 0.5) is 5.69 Å². The fraction of sp³-hybridized carbons (Fsp3) is 0.316. The van der Waals surface area contributed by atoms with Crippen molar-refractivity contribution >= 4 is 34.7 Å². The van der Waals surface area contributed by atoms with E-state index in [4.69, 9.17) is 4.74 Å². The number of carbonyl (C=O) groups excluding carboxylic acids is 3. The molecule has 1 aromatic heterocycles. The summed E-state index contributed by atoms with van der Waals surface area (Å²) in [7, 11) is 0. The van der Waals surface area contributed by atoms with E-state index in [2.05, 4.69) is 5.32 Å². The van der Waals surface area contributed by atoms with E-state index < -0.39 is 18.0 Å². The molecule has 1 N–H and O–H groups in total. The lowest BCUT2D eigenvalue weighted by Gasteiger charge is -2.15.